The first-order chi connectivity index (χ1) is 11.2. The van der Waals surface area contributed by atoms with Gasteiger partial charge in [-0.3, -0.25) is 4.79 Å². The molecule has 3 N–H and O–H groups in total. The number of carbonyl (C=O) groups is 1. The molecular weight excluding hydrogens is 288 g/mol. The summed E-state index contributed by atoms with van der Waals surface area (Å²) in [5.41, 5.74) is 9.59. The number of H-pyrrole nitrogens is 1. The number of aromatic nitrogens is 2. The zero-order valence-corrected chi connectivity index (χ0v) is 12.7. The number of nitrogens with two attached hydrogens (primary N) is 1. The van der Waals surface area contributed by atoms with Crippen molar-refractivity contribution in [2.45, 2.75) is 12.8 Å². The maximum Gasteiger partial charge on any atom is 0.250 e. The Balaban J connectivity index is 1.87. The Bertz CT molecular complexity index is 878. The topological polar surface area (TPSA) is 75.0 Å². The van der Waals surface area contributed by atoms with Crippen LogP contribution in [0.4, 0.5) is 5.69 Å². The Labute approximate surface area is 134 Å². The van der Waals surface area contributed by atoms with Gasteiger partial charge >= 0.3 is 0 Å². The zero-order valence-electron chi connectivity index (χ0n) is 12.7. The molecular formula is C18H17N4O. The number of hydrogen-bond donors (Lipinski definition) is 2. The van der Waals surface area contributed by atoms with Crippen LogP contribution in [0.2, 0.25) is 0 Å². The largest absolute Gasteiger partial charge is 0.372 e. The number of hydrogen-bond acceptors (Lipinski definition) is 3. The number of anilines is 1. The number of nitrogens with zero attached hydrogens (tertiary/aromatic N) is 2. The van der Waals surface area contributed by atoms with Gasteiger partial charge in [-0.05, 0) is 30.5 Å². The molecule has 115 valence electrons. The highest BCUT2D eigenvalue weighted by Crippen LogP contribution is 2.31. The maximum atomic E-state index is 12.0. The van der Waals surface area contributed by atoms with Gasteiger partial charge in [0.1, 0.15) is 5.65 Å². The number of nitrogens with one attached hydrogen (secondary N) is 1. The van der Waals surface area contributed by atoms with Crippen molar-refractivity contribution in [2.75, 3.05) is 18.0 Å². The second-order valence-electron chi connectivity index (χ2n) is 5.81. The second-order valence-corrected chi connectivity index (χ2v) is 5.81. The summed E-state index contributed by atoms with van der Waals surface area (Å²) in [6.07, 6.45) is 5.80. The predicted molar refractivity (Wildman–Crippen MR) is 90.3 cm³/mol. The molecule has 1 amide bonds. The molecule has 1 saturated heterocycles. The standard InChI is InChI=1S/C18H17N4O/c19-17(23)16-14-6-7-20-18(14)21-11-15(16)12-4-3-5-13(10-12)22-8-1-2-9-22/h3-5,7,10-11H,1-2,8-9H2,(H2,19,23)(H,20,21). The summed E-state index contributed by atoms with van der Waals surface area (Å²) in [5.74, 6) is -0.463. The van der Waals surface area contributed by atoms with Gasteiger partial charge in [-0.25, -0.2) is 4.98 Å². The number of aromatic amines is 1. The molecule has 5 heteroatoms. The van der Waals surface area contributed by atoms with Gasteiger partial charge in [-0.2, -0.15) is 0 Å². The van der Waals surface area contributed by atoms with Crippen molar-refractivity contribution in [3.8, 4) is 11.1 Å². The van der Waals surface area contributed by atoms with E-state index in [0.717, 1.165) is 24.2 Å². The van der Waals surface area contributed by atoms with Crippen molar-refractivity contribution in [1.82, 2.24) is 9.97 Å². The van der Waals surface area contributed by atoms with E-state index < -0.39 is 5.91 Å². The molecule has 3 aromatic rings. The van der Waals surface area contributed by atoms with Crippen molar-refractivity contribution in [1.29, 1.82) is 0 Å². The number of benzene rings is 1. The van der Waals surface area contributed by atoms with Crippen molar-refractivity contribution in [2.24, 2.45) is 5.73 Å². The fraction of sp³-hybridized carbons (Fsp3) is 0.222. The van der Waals surface area contributed by atoms with Crippen LogP contribution >= 0.6 is 0 Å². The van der Waals surface area contributed by atoms with Gasteiger partial charge in [-0.15, -0.1) is 0 Å². The van der Waals surface area contributed by atoms with Crippen LogP contribution in [0.1, 0.15) is 23.2 Å². The lowest BCUT2D eigenvalue weighted by Crippen LogP contribution is -2.17. The van der Waals surface area contributed by atoms with Crippen LogP contribution in [0.5, 0.6) is 0 Å². The summed E-state index contributed by atoms with van der Waals surface area (Å²) in [6, 6.07) is 11.2. The van der Waals surface area contributed by atoms with Crippen molar-refractivity contribution < 1.29 is 4.79 Å². The first-order valence-corrected chi connectivity index (χ1v) is 7.77. The van der Waals surface area contributed by atoms with Crippen molar-refractivity contribution >= 4 is 22.6 Å². The average molecular weight is 305 g/mol. The van der Waals surface area contributed by atoms with E-state index in [4.69, 9.17) is 5.73 Å². The fourth-order valence-corrected chi connectivity index (χ4v) is 3.26. The summed E-state index contributed by atoms with van der Waals surface area (Å²) in [6.45, 7) is 2.16. The number of primary amides is 1. The van der Waals surface area contributed by atoms with Crippen LogP contribution in [0.25, 0.3) is 22.2 Å². The van der Waals surface area contributed by atoms with Crippen LogP contribution in [0.3, 0.4) is 0 Å². The highest BCUT2D eigenvalue weighted by atomic mass is 16.1. The molecule has 1 radical (unpaired) electrons. The molecule has 0 atom stereocenters. The average Bonchev–Trinajstić information content (AvgIpc) is 3.25. The number of amides is 1. The van der Waals surface area contributed by atoms with Gasteiger partial charge in [-0.1, -0.05) is 12.1 Å². The first kappa shape index (κ1) is 13.8. The lowest BCUT2D eigenvalue weighted by molar-refractivity contribution is 0.100. The van der Waals surface area contributed by atoms with E-state index in [9.17, 15) is 4.79 Å². The number of rotatable bonds is 3. The molecule has 4 rings (SSSR count). The Morgan fingerprint density at radius 1 is 1.30 bits per heavy atom. The van der Waals surface area contributed by atoms with E-state index in [2.05, 4.69) is 33.1 Å². The molecule has 0 saturated carbocycles. The molecule has 1 aliphatic heterocycles. The van der Waals surface area contributed by atoms with Gasteiger partial charge in [0.05, 0.1) is 5.56 Å². The molecule has 0 unspecified atom stereocenters. The van der Waals surface area contributed by atoms with Crippen LogP contribution in [-0.2, 0) is 0 Å². The summed E-state index contributed by atoms with van der Waals surface area (Å²) < 4.78 is 0. The highest BCUT2D eigenvalue weighted by molar-refractivity contribution is 6.10. The van der Waals surface area contributed by atoms with E-state index in [1.54, 1.807) is 12.4 Å². The van der Waals surface area contributed by atoms with Crippen LogP contribution in [-0.4, -0.2) is 29.0 Å². The van der Waals surface area contributed by atoms with Gasteiger partial charge in [0.25, 0.3) is 0 Å². The first-order valence-electron chi connectivity index (χ1n) is 7.77. The van der Waals surface area contributed by atoms with Gasteiger partial charge in [0, 0.05) is 48.2 Å². The SMILES string of the molecule is NC(=O)c1c(-c2cccc(N3CCCC3)c2)cnc2[nH]c[c]c12. The minimum Gasteiger partial charge on any atom is -0.372 e. The number of fused-ring (bicyclic) bond motifs is 1. The third-order valence-corrected chi connectivity index (χ3v) is 4.38. The predicted octanol–water partition coefficient (Wildman–Crippen LogP) is 2.73. The summed E-state index contributed by atoms with van der Waals surface area (Å²) in [7, 11) is 0. The van der Waals surface area contributed by atoms with E-state index in [-0.39, 0.29) is 0 Å². The Morgan fingerprint density at radius 2 is 2.13 bits per heavy atom. The maximum absolute atomic E-state index is 12.0. The van der Waals surface area contributed by atoms with E-state index >= 15 is 0 Å². The highest BCUT2D eigenvalue weighted by Gasteiger charge is 2.18. The van der Waals surface area contributed by atoms with E-state index in [1.807, 2.05) is 12.1 Å². The summed E-state index contributed by atoms with van der Waals surface area (Å²) in [4.78, 5) is 21.7. The molecule has 1 aromatic carbocycles. The molecule has 0 spiro atoms. The lowest BCUT2D eigenvalue weighted by Gasteiger charge is -2.18. The van der Waals surface area contributed by atoms with Crippen molar-refractivity contribution in [3.63, 3.8) is 0 Å². The monoisotopic (exact) mass is 305 g/mol. The molecule has 0 aliphatic carbocycles. The van der Waals surface area contributed by atoms with E-state index in [0.29, 0.717) is 16.6 Å². The van der Waals surface area contributed by atoms with Crippen LogP contribution in [0.15, 0.2) is 36.7 Å². The molecule has 0 bridgehead atoms. The molecule has 1 fully saturated rings. The molecule has 5 nitrogen and oxygen atoms in total. The molecule has 23 heavy (non-hydrogen) atoms. The third kappa shape index (κ3) is 2.34. The second kappa shape index (κ2) is 5.43. The van der Waals surface area contributed by atoms with Crippen LogP contribution in [0, 0.1) is 6.07 Å². The Morgan fingerprint density at radius 3 is 2.91 bits per heavy atom. The molecule has 2 aromatic heterocycles. The van der Waals surface area contributed by atoms with Gasteiger partial charge < -0.3 is 15.6 Å². The molecule has 1 aliphatic rings. The summed E-state index contributed by atoms with van der Waals surface area (Å²) in [5, 5.41) is 0.640. The number of carbonyl (C=O) groups excluding carboxylic acids is 1. The fourth-order valence-electron chi connectivity index (χ4n) is 3.26. The number of pyridine rings is 1. The minimum atomic E-state index is -0.463. The smallest absolute Gasteiger partial charge is 0.250 e. The zero-order chi connectivity index (χ0) is 15.8. The lowest BCUT2D eigenvalue weighted by atomic mass is 9.98. The molecule has 3 heterocycles. The quantitative estimate of drug-likeness (QED) is 0.781. The van der Waals surface area contributed by atoms with Crippen LogP contribution < -0.4 is 10.6 Å². The summed E-state index contributed by atoms with van der Waals surface area (Å²) >= 11 is 0. The Kier molecular flexibility index (Phi) is 3.26. The van der Waals surface area contributed by atoms with E-state index in [1.165, 1.54) is 18.5 Å². The Hall–Kier alpha value is -2.82. The third-order valence-electron chi connectivity index (χ3n) is 4.38. The normalized spacial score (nSPS) is 14.5. The van der Waals surface area contributed by atoms with Gasteiger partial charge in [0.2, 0.25) is 5.91 Å². The minimum absolute atomic E-state index is 0.463. The van der Waals surface area contributed by atoms with Gasteiger partial charge in [0.15, 0.2) is 0 Å². The van der Waals surface area contributed by atoms with Crippen molar-refractivity contribution in [3.05, 3.63) is 48.3 Å².